The van der Waals surface area contributed by atoms with Crippen molar-refractivity contribution in [2.75, 3.05) is 7.11 Å². The summed E-state index contributed by atoms with van der Waals surface area (Å²) in [6.45, 7) is 1.85. The number of thioether (sulfide) groups is 1. The molecule has 1 heterocycles. The van der Waals surface area contributed by atoms with E-state index < -0.39 is 22.7 Å². The minimum atomic E-state index is -1.71. The molecule has 1 aliphatic heterocycles. The quantitative estimate of drug-likeness (QED) is 0.350. The van der Waals surface area contributed by atoms with Crippen LogP contribution in [-0.2, 0) is 14.4 Å². The zero-order chi connectivity index (χ0) is 21.3. The number of carbonyl (C=O) groups is 3. The third-order valence-electron chi connectivity index (χ3n) is 4.99. The van der Waals surface area contributed by atoms with E-state index in [-0.39, 0.29) is 11.1 Å². The van der Waals surface area contributed by atoms with Gasteiger partial charge in [0.05, 0.1) is 18.2 Å². The molecule has 5 nitrogen and oxygen atoms in total. The first-order valence-electron chi connectivity index (χ1n) is 9.36. The molecule has 0 radical (unpaired) electrons. The zero-order valence-electron chi connectivity index (χ0n) is 16.5. The molecule has 30 heavy (non-hydrogen) atoms. The Balaban J connectivity index is 1.97. The molecule has 1 unspecified atom stereocenters. The molecular formula is C24H19NO4S. The van der Waals surface area contributed by atoms with Crippen LogP contribution in [0.5, 0.6) is 0 Å². The van der Waals surface area contributed by atoms with Crippen LogP contribution in [0.15, 0.2) is 83.8 Å². The molecule has 3 aromatic rings. The maximum Gasteiger partial charge on any atom is 0.348 e. The van der Waals surface area contributed by atoms with Gasteiger partial charge in [-0.25, -0.2) is 9.69 Å². The minimum absolute atomic E-state index is 0.281. The van der Waals surface area contributed by atoms with Gasteiger partial charge in [-0.1, -0.05) is 71.9 Å². The molecule has 1 aliphatic rings. The van der Waals surface area contributed by atoms with Gasteiger partial charge in [0, 0.05) is 10.5 Å². The van der Waals surface area contributed by atoms with Crippen LogP contribution in [0.3, 0.4) is 0 Å². The molecule has 0 aromatic heterocycles. The number of rotatable bonds is 5. The van der Waals surface area contributed by atoms with E-state index in [0.717, 1.165) is 27.1 Å². The van der Waals surface area contributed by atoms with E-state index in [0.29, 0.717) is 5.56 Å². The van der Waals surface area contributed by atoms with Crippen LogP contribution in [0.2, 0.25) is 0 Å². The van der Waals surface area contributed by atoms with Crippen molar-refractivity contribution in [1.29, 1.82) is 0 Å². The lowest BCUT2D eigenvalue weighted by Gasteiger charge is -2.37. The number of hydrogen-bond acceptors (Lipinski definition) is 5. The van der Waals surface area contributed by atoms with Crippen LogP contribution in [0, 0.1) is 6.92 Å². The smallest absolute Gasteiger partial charge is 0.348 e. The Labute approximate surface area is 178 Å². The van der Waals surface area contributed by atoms with E-state index in [2.05, 4.69) is 0 Å². The predicted molar refractivity (Wildman–Crippen MR) is 114 cm³/mol. The average molecular weight is 417 g/mol. The number of hydrogen-bond donors (Lipinski definition) is 0. The second-order valence-corrected chi connectivity index (χ2v) is 8.18. The van der Waals surface area contributed by atoms with Crippen LogP contribution in [0.4, 0.5) is 0 Å². The number of fused-ring (bicyclic) bond motifs is 1. The number of aryl methyl sites for hydroxylation is 1. The van der Waals surface area contributed by atoms with Crippen LogP contribution < -0.4 is 0 Å². The van der Waals surface area contributed by atoms with Gasteiger partial charge in [-0.05, 0) is 31.2 Å². The van der Waals surface area contributed by atoms with E-state index in [9.17, 15) is 14.4 Å². The van der Waals surface area contributed by atoms with Crippen LogP contribution in [0.1, 0.15) is 31.8 Å². The topological polar surface area (TPSA) is 63.7 Å². The molecule has 0 N–H and O–H groups in total. The van der Waals surface area contributed by atoms with Gasteiger partial charge in [-0.15, -0.1) is 0 Å². The molecule has 3 aromatic carbocycles. The molecule has 0 saturated heterocycles. The summed E-state index contributed by atoms with van der Waals surface area (Å²) in [6, 6.07) is 23.1. The molecule has 0 spiro atoms. The molecule has 2 amide bonds. The van der Waals surface area contributed by atoms with Crippen molar-refractivity contribution < 1.29 is 19.1 Å². The number of nitrogens with zero attached hydrogens (tertiary/aromatic N) is 1. The fraction of sp³-hybridized carbons (Fsp3) is 0.125. The summed E-state index contributed by atoms with van der Waals surface area (Å²) in [5.74, 6) is -1.74. The van der Waals surface area contributed by atoms with E-state index in [1.165, 1.54) is 7.11 Å². The van der Waals surface area contributed by atoms with Crippen molar-refractivity contribution in [2.45, 2.75) is 16.7 Å². The van der Waals surface area contributed by atoms with Gasteiger partial charge in [-0.3, -0.25) is 9.59 Å². The fourth-order valence-corrected chi connectivity index (χ4v) is 4.90. The van der Waals surface area contributed by atoms with E-state index >= 15 is 0 Å². The summed E-state index contributed by atoms with van der Waals surface area (Å²) in [5, 5.41) is 0. The fourth-order valence-electron chi connectivity index (χ4n) is 3.59. The second kappa shape index (κ2) is 7.80. The summed E-state index contributed by atoms with van der Waals surface area (Å²) in [4.78, 5) is 40.3. The average Bonchev–Trinajstić information content (AvgIpc) is 3.02. The summed E-state index contributed by atoms with van der Waals surface area (Å²) in [7, 11) is 1.26. The Morgan fingerprint density at radius 2 is 1.47 bits per heavy atom. The number of imide groups is 1. The highest BCUT2D eigenvalue weighted by Gasteiger charge is 2.56. The first kappa shape index (κ1) is 19.9. The number of ether oxygens (including phenoxy) is 1. The Morgan fingerprint density at radius 3 is 2.10 bits per heavy atom. The summed E-state index contributed by atoms with van der Waals surface area (Å²) < 4.78 is 5.17. The van der Waals surface area contributed by atoms with Crippen molar-refractivity contribution in [2.24, 2.45) is 0 Å². The molecule has 0 fully saturated rings. The highest BCUT2D eigenvalue weighted by Crippen LogP contribution is 2.48. The summed E-state index contributed by atoms with van der Waals surface area (Å²) in [6.07, 6.45) is 0. The lowest BCUT2D eigenvalue weighted by atomic mass is 10.0. The molecule has 1 atom stereocenters. The number of carbonyl (C=O) groups excluding carboxylic acids is 3. The van der Waals surface area contributed by atoms with Crippen molar-refractivity contribution >= 4 is 29.5 Å². The van der Waals surface area contributed by atoms with E-state index in [1.807, 2.05) is 43.3 Å². The van der Waals surface area contributed by atoms with Crippen molar-refractivity contribution in [3.63, 3.8) is 0 Å². The lowest BCUT2D eigenvalue weighted by molar-refractivity contribution is -0.147. The third-order valence-corrected chi connectivity index (χ3v) is 6.38. The largest absolute Gasteiger partial charge is 0.466 e. The highest BCUT2D eigenvalue weighted by atomic mass is 32.2. The molecule has 6 heteroatoms. The van der Waals surface area contributed by atoms with Gasteiger partial charge >= 0.3 is 5.97 Å². The third kappa shape index (κ3) is 3.09. The number of methoxy groups -OCH3 is 1. The number of esters is 1. The number of amides is 2. The molecule has 4 rings (SSSR count). The zero-order valence-corrected chi connectivity index (χ0v) is 17.3. The van der Waals surface area contributed by atoms with E-state index in [4.69, 9.17) is 4.74 Å². The van der Waals surface area contributed by atoms with Gasteiger partial charge < -0.3 is 4.74 Å². The first-order valence-corrected chi connectivity index (χ1v) is 10.2. The maximum atomic E-state index is 13.5. The molecule has 0 aliphatic carbocycles. The van der Waals surface area contributed by atoms with Crippen LogP contribution in [-0.4, -0.2) is 29.8 Å². The Kier molecular flexibility index (Phi) is 5.18. The van der Waals surface area contributed by atoms with Gasteiger partial charge in [0.15, 0.2) is 0 Å². The number of benzene rings is 3. The SMILES string of the molecule is COC(=O)C(Sc1ccccc1)(c1ccccc1)N1C(=O)c2ccc(C)cc2C1=O. The molecule has 0 saturated carbocycles. The van der Waals surface area contributed by atoms with Crippen molar-refractivity contribution in [3.05, 3.63) is 101 Å². The van der Waals surface area contributed by atoms with Gasteiger partial charge in [0.25, 0.3) is 11.8 Å². The standard InChI is InChI=1S/C24H19NO4S/c1-16-13-14-19-20(15-16)22(27)25(21(19)26)24(23(28)29-2,17-9-5-3-6-10-17)30-18-11-7-4-8-12-18/h3-15H,1-2H3. The lowest BCUT2D eigenvalue weighted by Crippen LogP contribution is -2.53. The highest BCUT2D eigenvalue weighted by molar-refractivity contribution is 8.01. The summed E-state index contributed by atoms with van der Waals surface area (Å²) in [5.41, 5.74) is 1.91. The second-order valence-electron chi connectivity index (χ2n) is 6.91. The Morgan fingerprint density at radius 1 is 0.867 bits per heavy atom. The Hall–Kier alpha value is -3.38. The summed E-state index contributed by atoms with van der Waals surface area (Å²) >= 11 is 1.11. The van der Waals surface area contributed by atoms with Crippen LogP contribution in [0.25, 0.3) is 0 Å². The monoisotopic (exact) mass is 417 g/mol. The maximum absolute atomic E-state index is 13.5. The predicted octanol–water partition coefficient (Wildman–Crippen LogP) is 4.41. The normalized spacial score (nSPS) is 14.9. The van der Waals surface area contributed by atoms with E-state index in [1.54, 1.807) is 42.5 Å². The Bertz CT molecular complexity index is 1130. The molecule has 0 bridgehead atoms. The van der Waals surface area contributed by atoms with Crippen molar-refractivity contribution in [1.82, 2.24) is 4.90 Å². The van der Waals surface area contributed by atoms with Gasteiger partial charge in [-0.2, -0.15) is 0 Å². The van der Waals surface area contributed by atoms with Gasteiger partial charge in [0.1, 0.15) is 0 Å². The minimum Gasteiger partial charge on any atom is -0.466 e. The van der Waals surface area contributed by atoms with Crippen molar-refractivity contribution in [3.8, 4) is 0 Å². The molecule has 150 valence electrons. The molecular weight excluding hydrogens is 398 g/mol. The van der Waals surface area contributed by atoms with Gasteiger partial charge in [0.2, 0.25) is 4.87 Å². The first-order chi connectivity index (χ1) is 14.5. The van der Waals surface area contributed by atoms with Crippen LogP contribution >= 0.6 is 11.8 Å².